The maximum absolute atomic E-state index is 7.27. The van der Waals surface area contributed by atoms with Gasteiger partial charge in [-0.25, -0.2) is 0 Å². The van der Waals surface area contributed by atoms with Gasteiger partial charge in [0.2, 0.25) is 0 Å². The standard InChI is InChI=1S/C79H80BN3O2/c1-47-40-65-71-66(41-47)82(61-33-26-49(74(2,3)4)42-55(61)48-22-17-16-18-23-48)72-60(32-37-69-70(72)57-44-51(76(8,9)10)29-36-68(57)84-69)80(71)59-31-30-53(83-62-34-27-52(77(11,12)13)45-58(62)78(14)38-19-20-39-79(78,83)15)46-64(59)81(65)63-25-21-24-54-56-43-50(75(5,6)7)28-35-67(56)85-73(54)63/h16-18,21-37,40-46H,19-20,38-39H2,1-15H3. The van der Waals surface area contributed by atoms with Crippen molar-refractivity contribution in [3.63, 3.8) is 0 Å². The van der Waals surface area contributed by atoms with Gasteiger partial charge < -0.3 is 23.5 Å². The lowest BCUT2D eigenvalue weighted by atomic mass is 9.33. The van der Waals surface area contributed by atoms with Crippen molar-refractivity contribution in [1.29, 1.82) is 0 Å². The zero-order chi connectivity index (χ0) is 59.2. The van der Waals surface area contributed by atoms with Crippen molar-refractivity contribution in [2.75, 3.05) is 14.7 Å². The first-order valence-electron chi connectivity index (χ1n) is 31.3. The van der Waals surface area contributed by atoms with E-state index in [0.29, 0.717) is 0 Å². The first-order chi connectivity index (χ1) is 40.3. The van der Waals surface area contributed by atoms with Crippen LogP contribution >= 0.6 is 0 Å². The Labute approximate surface area is 503 Å². The molecule has 0 amide bonds. The molecule has 0 N–H and O–H groups in total. The number of benzene rings is 9. The monoisotopic (exact) mass is 1110 g/mol. The van der Waals surface area contributed by atoms with Crippen LogP contribution in [-0.2, 0) is 27.1 Å². The molecule has 5 heterocycles. The fourth-order valence-electron chi connectivity index (χ4n) is 15.7. The van der Waals surface area contributed by atoms with E-state index in [1.807, 2.05) is 0 Å². The van der Waals surface area contributed by atoms with Crippen LogP contribution in [0.25, 0.3) is 55.0 Å². The number of para-hydroxylation sites is 1. The van der Waals surface area contributed by atoms with Crippen LogP contribution in [0, 0.1) is 6.92 Å². The SMILES string of the molecule is Cc1cc2c3c(c1)N(c1ccc(C(C)(C)C)cc1-c1ccccc1)c1c(ccc4oc5ccc(C(C)(C)C)cc5c14)B3c1ccc(N3c4ccc(C(C)(C)C)cc4C4(C)CCCCC34C)cc1N2c1cccc2c1oc1ccc(C(C)(C)C)cc12. The van der Waals surface area contributed by atoms with Crippen molar-refractivity contribution in [3.8, 4) is 11.1 Å². The Bertz CT molecular complexity index is 4610. The molecule has 85 heavy (non-hydrogen) atoms. The molecule has 4 aliphatic rings. The summed E-state index contributed by atoms with van der Waals surface area (Å²) in [5, 5.41) is 4.54. The molecule has 2 aromatic heterocycles. The van der Waals surface area contributed by atoms with Crippen LogP contribution in [0.15, 0.2) is 173 Å². The lowest BCUT2D eigenvalue weighted by Crippen LogP contribution is -2.61. The van der Waals surface area contributed by atoms with Gasteiger partial charge in [0, 0.05) is 55.6 Å². The molecule has 6 heteroatoms. The second-order valence-corrected chi connectivity index (χ2v) is 30.2. The Morgan fingerprint density at radius 3 is 1.73 bits per heavy atom. The van der Waals surface area contributed by atoms with Crippen molar-refractivity contribution >= 4 is 112 Å². The van der Waals surface area contributed by atoms with E-state index in [9.17, 15) is 0 Å². The third kappa shape index (κ3) is 7.88. The number of aryl methyl sites for hydroxylation is 1. The van der Waals surface area contributed by atoms with Gasteiger partial charge in [0.05, 0.1) is 28.0 Å². The van der Waals surface area contributed by atoms with Gasteiger partial charge in [0.1, 0.15) is 16.7 Å². The number of rotatable bonds is 4. The Hall–Kier alpha value is -7.96. The quantitative estimate of drug-likeness (QED) is 0.164. The minimum atomic E-state index is -0.153. The zero-order valence-electron chi connectivity index (χ0n) is 52.7. The number of nitrogens with zero attached hydrogens (tertiary/aromatic N) is 3. The van der Waals surface area contributed by atoms with Crippen molar-refractivity contribution < 1.29 is 8.83 Å². The first kappa shape index (κ1) is 53.7. The van der Waals surface area contributed by atoms with Crippen molar-refractivity contribution in [2.45, 2.75) is 162 Å². The minimum absolute atomic E-state index is 0.0282. The minimum Gasteiger partial charge on any atom is -0.456 e. The van der Waals surface area contributed by atoms with E-state index in [1.54, 1.807) is 0 Å². The summed E-state index contributed by atoms with van der Waals surface area (Å²) in [6.07, 6.45) is 4.71. The molecular weight excluding hydrogens is 1030 g/mol. The predicted octanol–water partition coefficient (Wildman–Crippen LogP) is 20.5. The molecule has 2 atom stereocenters. The molecule has 0 bridgehead atoms. The van der Waals surface area contributed by atoms with Crippen LogP contribution in [0.2, 0.25) is 0 Å². The highest BCUT2D eigenvalue weighted by atomic mass is 16.3. The molecule has 0 saturated heterocycles. The fourth-order valence-corrected chi connectivity index (χ4v) is 15.7. The van der Waals surface area contributed by atoms with E-state index in [-0.39, 0.29) is 39.3 Å². The summed E-state index contributed by atoms with van der Waals surface area (Å²) in [4.78, 5) is 8.01. The number of furan rings is 2. The largest absolute Gasteiger partial charge is 0.456 e. The molecule has 1 saturated carbocycles. The van der Waals surface area contributed by atoms with Gasteiger partial charge in [-0.2, -0.15) is 0 Å². The van der Waals surface area contributed by atoms with Gasteiger partial charge in [0.25, 0.3) is 6.71 Å². The number of anilines is 8. The topological polar surface area (TPSA) is 36.0 Å². The van der Waals surface area contributed by atoms with Gasteiger partial charge in [-0.15, -0.1) is 0 Å². The molecule has 11 aromatic rings. The molecule has 3 aliphatic heterocycles. The summed E-state index contributed by atoms with van der Waals surface area (Å²) in [5.74, 6) is 0. The molecule has 426 valence electrons. The average Bonchev–Trinajstić information content (AvgIpc) is 1.71. The smallest absolute Gasteiger partial charge is 0.252 e. The number of hydrogen-bond acceptors (Lipinski definition) is 5. The molecule has 2 unspecified atom stereocenters. The van der Waals surface area contributed by atoms with Gasteiger partial charge in [0.15, 0.2) is 5.58 Å². The molecule has 1 fully saturated rings. The Morgan fingerprint density at radius 2 is 1.04 bits per heavy atom. The highest BCUT2D eigenvalue weighted by Gasteiger charge is 2.58. The van der Waals surface area contributed by atoms with E-state index in [0.717, 1.165) is 73.8 Å². The van der Waals surface area contributed by atoms with Gasteiger partial charge in [-0.05, 0) is 183 Å². The van der Waals surface area contributed by atoms with Crippen LogP contribution < -0.4 is 31.1 Å². The predicted molar refractivity (Wildman–Crippen MR) is 363 cm³/mol. The maximum atomic E-state index is 7.27. The van der Waals surface area contributed by atoms with Gasteiger partial charge in [-0.3, -0.25) is 0 Å². The summed E-state index contributed by atoms with van der Waals surface area (Å²) in [6.45, 7) is 35.2. The van der Waals surface area contributed by atoms with E-state index < -0.39 is 0 Å². The van der Waals surface area contributed by atoms with E-state index >= 15 is 0 Å². The van der Waals surface area contributed by atoms with Crippen molar-refractivity contribution in [1.82, 2.24) is 0 Å². The number of fused-ring (bicyclic) bond motifs is 14. The average molecular weight is 1110 g/mol. The Kier molecular flexibility index (Phi) is 11.4. The second-order valence-electron chi connectivity index (χ2n) is 30.2. The second kappa shape index (κ2) is 18.0. The van der Waals surface area contributed by atoms with Crippen LogP contribution in [0.1, 0.15) is 156 Å². The highest BCUT2D eigenvalue weighted by molar-refractivity contribution is 7.00. The van der Waals surface area contributed by atoms with Crippen LogP contribution in [0.3, 0.4) is 0 Å². The normalized spacial score (nSPS) is 18.6. The summed E-state index contributed by atoms with van der Waals surface area (Å²) >= 11 is 0. The fraction of sp³-hybridized carbons (Fsp3) is 0.316. The highest BCUT2D eigenvalue weighted by Crippen LogP contribution is 2.62. The molecular formula is C79H80BN3O2. The van der Waals surface area contributed by atoms with Gasteiger partial charge >= 0.3 is 0 Å². The molecule has 0 radical (unpaired) electrons. The molecule has 9 aromatic carbocycles. The molecule has 0 spiro atoms. The van der Waals surface area contributed by atoms with E-state index in [4.69, 9.17) is 8.83 Å². The summed E-state index contributed by atoms with van der Waals surface area (Å²) in [7, 11) is 0. The lowest BCUT2D eigenvalue weighted by molar-refractivity contribution is 0.195. The third-order valence-corrected chi connectivity index (χ3v) is 20.7. The van der Waals surface area contributed by atoms with Crippen LogP contribution in [-0.4, -0.2) is 12.3 Å². The summed E-state index contributed by atoms with van der Waals surface area (Å²) in [5.41, 5.74) is 26.7. The molecule has 15 rings (SSSR count). The zero-order valence-corrected chi connectivity index (χ0v) is 52.7. The van der Waals surface area contributed by atoms with Crippen molar-refractivity contribution in [3.05, 3.63) is 197 Å². The third-order valence-electron chi connectivity index (χ3n) is 20.7. The molecule has 1 aliphatic carbocycles. The van der Waals surface area contributed by atoms with E-state index in [1.165, 1.54) is 102 Å². The summed E-state index contributed by atoms with van der Waals surface area (Å²) in [6, 6.07) is 63.4. The van der Waals surface area contributed by atoms with Gasteiger partial charge in [-0.1, -0.05) is 188 Å². The van der Waals surface area contributed by atoms with E-state index in [2.05, 4.69) is 282 Å². The van der Waals surface area contributed by atoms with Crippen LogP contribution in [0.4, 0.5) is 45.5 Å². The van der Waals surface area contributed by atoms with Crippen LogP contribution in [0.5, 0.6) is 0 Å². The van der Waals surface area contributed by atoms with Crippen molar-refractivity contribution in [2.24, 2.45) is 0 Å². The number of hydrogen-bond donors (Lipinski definition) is 0. The Balaban J connectivity index is 1.07. The molecule has 5 nitrogen and oxygen atoms in total. The first-order valence-corrected chi connectivity index (χ1v) is 31.3. The summed E-state index contributed by atoms with van der Waals surface area (Å²) < 4.78 is 14.3. The Morgan fingerprint density at radius 1 is 0.447 bits per heavy atom. The maximum Gasteiger partial charge on any atom is 0.252 e. The lowest BCUT2D eigenvalue weighted by Gasteiger charge is -2.50.